The number of rotatable bonds is 7. The lowest BCUT2D eigenvalue weighted by atomic mass is 9.89. The van der Waals surface area contributed by atoms with Crippen LogP contribution in [0.25, 0.3) is 0 Å². The highest BCUT2D eigenvalue weighted by Gasteiger charge is 2.30. The zero-order valence-corrected chi connectivity index (χ0v) is 13.8. The van der Waals surface area contributed by atoms with Gasteiger partial charge in [-0.25, -0.2) is 0 Å². The number of hydrogen-bond donors (Lipinski definition) is 1. The maximum Gasteiger partial charge on any atom is 0.00579 e. The molecule has 2 nitrogen and oxygen atoms in total. The van der Waals surface area contributed by atoms with Crippen molar-refractivity contribution in [3.8, 4) is 0 Å². The molecule has 1 aromatic rings. The van der Waals surface area contributed by atoms with Crippen LogP contribution in [-0.2, 0) is 6.42 Å². The van der Waals surface area contributed by atoms with Crippen molar-refractivity contribution >= 4 is 23.7 Å². The molecule has 1 aliphatic heterocycles. The summed E-state index contributed by atoms with van der Waals surface area (Å²) in [5.74, 6) is 0. The summed E-state index contributed by atoms with van der Waals surface area (Å²) >= 11 is 1.89. The lowest BCUT2D eigenvalue weighted by Gasteiger charge is -2.31. The smallest absolute Gasteiger partial charge is 0.00579 e. The maximum atomic E-state index is 3.51. The number of halogens is 1. The molecule has 0 aromatic carbocycles. The van der Waals surface area contributed by atoms with Crippen LogP contribution in [0.1, 0.15) is 31.6 Å². The van der Waals surface area contributed by atoms with Crippen LogP contribution in [-0.4, -0.2) is 37.6 Å². The van der Waals surface area contributed by atoms with Crippen LogP contribution in [0, 0.1) is 5.41 Å². The first-order chi connectivity index (χ1) is 8.72. The highest BCUT2D eigenvalue weighted by Crippen LogP contribution is 2.26. The first kappa shape index (κ1) is 17.0. The standard InChI is InChI=1S/C15H26N2S.ClH/c1-3-9-17(10-6-14-5-4-11-18-14)13-15(2)7-8-16-12-15;/h4-5,11,16H,3,6-10,12-13H2,1-2H3;1H. The second-order valence-electron chi connectivity index (χ2n) is 5.84. The monoisotopic (exact) mass is 302 g/mol. The Morgan fingerprint density at radius 1 is 1.42 bits per heavy atom. The third-order valence-corrected chi connectivity index (χ3v) is 4.79. The van der Waals surface area contributed by atoms with E-state index in [1.807, 2.05) is 11.3 Å². The molecule has 4 heteroatoms. The van der Waals surface area contributed by atoms with Crippen molar-refractivity contribution in [3.05, 3.63) is 22.4 Å². The van der Waals surface area contributed by atoms with E-state index in [1.54, 1.807) is 0 Å². The van der Waals surface area contributed by atoms with Crippen molar-refractivity contribution in [1.29, 1.82) is 0 Å². The fourth-order valence-electron chi connectivity index (χ4n) is 2.85. The van der Waals surface area contributed by atoms with Gasteiger partial charge in [0.1, 0.15) is 0 Å². The van der Waals surface area contributed by atoms with Crippen LogP contribution in [0.2, 0.25) is 0 Å². The van der Waals surface area contributed by atoms with E-state index >= 15 is 0 Å². The third-order valence-electron chi connectivity index (χ3n) is 3.86. The molecule has 2 rings (SSSR count). The molecule has 1 unspecified atom stereocenters. The van der Waals surface area contributed by atoms with Crippen molar-refractivity contribution < 1.29 is 0 Å². The molecule has 110 valence electrons. The molecular weight excluding hydrogens is 276 g/mol. The van der Waals surface area contributed by atoms with Gasteiger partial charge in [-0.2, -0.15) is 0 Å². The van der Waals surface area contributed by atoms with Crippen molar-refractivity contribution in [1.82, 2.24) is 10.2 Å². The van der Waals surface area contributed by atoms with Crippen LogP contribution >= 0.6 is 23.7 Å². The highest BCUT2D eigenvalue weighted by molar-refractivity contribution is 7.09. The van der Waals surface area contributed by atoms with Gasteiger partial charge in [0.15, 0.2) is 0 Å². The zero-order valence-electron chi connectivity index (χ0n) is 12.2. The van der Waals surface area contributed by atoms with E-state index in [0.717, 1.165) is 0 Å². The second kappa shape index (κ2) is 8.25. The molecule has 0 amide bonds. The number of hydrogen-bond acceptors (Lipinski definition) is 3. The van der Waals surface area contributed by atoms with E-state index in [1.165, 1.54) is 56.9 Å². The Morgan fingerprint density at radius 2 is 2.26 bits per heavy atom. The van der Waals surface area contributed by atoms with Gasteiger partial charge in [-0.15, -0.1) is 23.7 Å². The minimum Gasteiger partial charge on any atom is -0.316 e. The van der Waals surface area contributed by atoms with Gasteiger partial charge in [-0.3, -0.25) is 0 Å². The average Bonchev–Trinajstić information content (AvgIpc) is 2.98. The Bertz CT molecular complexity index is 334. The van der Waals surface area contributed by atoms with Crippen molar-refractivity contribution in [2.45, 2.75) is 33.1 Å². The Morgan fingerprint density at radius 3 is 2.84 bits per heavy atom. The maximum absolute atomic E-state index is 3.51. The first-order valence-corrected chi connectivity index (χ1v) is 8.05. The van der Waals surface area contributed by atoms with E-state index in [2.05, 4.69) is 41.6 Å². The SMILES string of the molecule is CCCN(CCc1cccs1)CC1(C)CCNC1.Cl. The van der Waals surface area contributed by atoms with Crippen molar-refractivity contribution in [2.75, 3.05) is 32.7 Å². The summed E-state index contributed by atoms with van der Waals surface area (Å²) < 4.78 is 0. The molecule has 19 heavy (non-hydrogen) atoms. The lowest BCUT2D eigenvalue weighted by Crippen LogP contribution is -2.38. The highest BCUT2D eigenvalue weighted by atomic mass is 35.5. The first-order valence-electron chi connectivity index (χ1n) is 7.17. The molecule has 1 fully saturated rings. The van der Waals surface area contributed by atoms with Crippen LogP contribution in [0.15, 0.2) is 17.5 Å². The van der Waals surface area contributed by atoms with Gasteiger partial charge in [0.05, 0.1) is 0 Å². The minimum atomic E-state index is 0. The van der Waals surface area contributed by atoms with E-state index in [9.17, 15) is 0 Å². The minimum absolute atomic E-state index is 0. The molecule has 0 bridgehead atoms. The number of thiophene rings is 1. The molecule has 1 N–H and O–H groups in total. The molecule has 0 radical (unpaired) electrons. The number of nitrogens with zero attached hydrogens (tertiary/aromatic N) is 1. The average molecular weight is 303 g/mol. The molecular formula is C15H27ClN2S. The third kappa shape index (κ3) is 5.42. The fourth-order valence-corrected chi connectivity index (χ4v) is 3.55. The summed E-state index contributed by atoms with van der Waals surface area (Å²) in [6, 6.07) is 4.42. The Hall–Kier alpha value is -0.0900. The van der Waals surface area contributed by atoms with E-state index in [4.69, 9.17) is 0 Å². The van der Waals surface area contributed by atoms with Crippen LogP contribution in [0.3, 0.4) is 0 Å². The van der Waals surface area contributed by atoms with Crippen molar-refractivity contribution in [3.63, 3.8) is 0 Å². The molecule has 2 heterocycles. The lowest BCUT2D eigenvalue weighted by molar-refractivity contribution is 0.179. The summed E-state index contributed by atoms with van der Waals surface area (Å²) in [6.45, 7) is 10.8. The van der Waals surface area contributed by atoms with Crippen LogP contribution < -0.4 is 5.32 Å². The fraction of sp³-hybridized carbons (Fsp3) is 0.733. The van der Waals surface area contributed by atoms with E-state index in [0.29, 0.717) is 5.41 Å². The molecule has 0 spiro atoms. The van der Waals surface area contributed by atoms with Crippen LogP contribution in [0.4, 0.5) is 0 Å². The summed E-state index contributed by atoms with van der Waals surface area (Å²) in [6.07, 6.45) is 3.79. The zero-order chi connectivity index (χ0) is 12.8. The van der Waals surface area contributed by atoms with Gasteiger partial charge in [-0.1, -0.05) is 19.9 Å². The Kier molecular flexibility index (Phi) is 7.37. The predicted molar refractivity (Wildman–Crippen MR) is 87.6 cm³/mol. The number of nitrogens with one attached hydrogen (secondary N) is 1. The molecule has 0 aliphatic carbocycles. The summed E-state index contributed by atoms with van der Waals surface area (Å²) in [7, 11) is 0. The van der Waals surface area contributed by atoms with Gasteiger partial charge in [0.25, 0.3) is 0 Å². The molecule has 1 atom stereocenters. The molecule has 1 saturated heterocycles. The predicted octanol–water partition coefficient (Wildman–Crippen LogP) is 3.42. The van der Waals surface area contributed by atoms with E-state index < -0.39 is 0 Å². The quantitative estimate of drug-likeness (QED) is 0.830. The van der Waals surface area contributed by atoms with Gasteiger partial charge in [0, 0.05) is 24.5 Å². The van der Waals surface area contributed by atoms with Crippen molar-refractivity contribution in [2.24, 2.45) is 5.41 Å². The van der Waals surface area contributed by atoms with Gasteiger partial charge < -0.3 is 10.2 Å². The molecule has 1 aromatic heterocycles. The molecule has 0 saturated carbocycles. The van der Waals surface area contributed by atoms with Gasteiger partial charge >= 0.3 is 0 Å². The second-order valence-corrected chi connectivity index (χ2v) is 6.88. The largest absolute Gasteiger partial charge is 0.316 e. The van der Waals surface area contributed by atoms with Crippen LogP contribution in [0.5, 0.6) is 0 Å². The summed E-state index contributed by atoms with van der Waals surface area (Å²) in [5.41, 5.74) is 0.491. The molecule has 1 aliphatic rings. The summed E-state index contributed by atoms with van der Waals surface area (Å²) in [5, 5.41) is 5.69. The Labute approximate surface area is 128 Å². The Balaban J connectivity index is 0.00000180. The van der Waals surface area contributed by atoms with Gasteiger partial charge in [0.2, 0.25) is 0 Å². The normalized spacial score (nSPS) is 22.7. The van der Waals surface area contributed by atoms with Gasteiger partial charge in [-0.05, 0) is 49.2 Å². The van der Waals surface area contributed by atoms with E-state index in [-0.39, 0.29) is 12.4 Å². The summed E-state index contributed by atoms with van der Waals surface area (Å²) in [4.78, 5) is 4.18. The topological polar surface area (TPSA) is 15.3 Å².